The van der Waals surface area contributed by atoms with Crippen LogP contribution in [0, 0.1) is 5.92 Å². The lowest BCUT2D eigenvalue weighted by molar-refractivity contribution is -0.159. The van der Waals surface area contributed by atoms with E-state index in [0.717, 1.165) is 31.3 Å². The van der Waals surface area contributed by atoms with Gasteiger partial charge in [-0.3, -0.25) is 0 Å². The minimum atomic E-state index is -0.707. The van der Waals surface area contributed by atoms with Crippen molar-refractivity contribution in [1.29, 1.82) is 0 Å². The molecule has 0 unspecified atom stereocenters. The molecule has 0 heterocycles. The average molecular weight is 325 g/mol. The van der Waals surface area contributed by atoms with E-state index in [2.05, 4.69) is 11.9 Å². The first kappa shape index (κ1) is 19.5. The van der Waals surface area contributed by atoms with Gasteiger partial charge in [0.1, 0.15) is 17.2 Å². The smallest absolute Gasteiger partial charge is 0.408 e. The number of hydrogen-bond acceptors (Lipinski definition) is 4. The van der Waals surface area contributed by atoms with E-state index in [0.29, 0.717) is 0 Å². The van der Waals surface area contributed by atoms with Gasteiger partial charge in [0.25, 0.3) is 0 Å². The minimum Gasteiger partial charge on any atom is -0.458 e. The Kier molecular flexibility index (Phi) is 6.25. The van der Waals surface area contributed by atoms with E-state index < -0.39 is 29.3 Å². The van der Waals surface area contributed by atoms with Gasteiger partial charge in [0.2, 0.25) is 0 Å². The van der Waals surface area contributed by atoms with Gasteiger partial charge in [0.15, 0.2) is 0 Å². The van der Waals surface area contributed by atoms with Gasteiger partial charge in [0.05, 0.1) is 0 Å². The summed E-state index contributed by atoms with van der Waals surface area (Å²) < 4.78 is 10.8. The van der Waals surface area contributed by atoms with Crippen molar-refractivity contribution < 1.29 is 19.1 Å². The summed E-state index contributed by atoms with van der Waals surface area (Å²) in [6.45, 7) is 14.8. The van der Waals surface area contributed by atoms with E-state index >= 15 is 0 Å². The predicted octanol–water partition coefficient (Wildman–Crippen LogP) is 3.97. The van der Waals surface area contributed by atoms with E-state index in [1.54, 1.807) is 20.8 Å². The lowest BCUT2D eigenvalue weighted by Gasteiger charge is -2.33. The van der Waals surface area contributed by atoms with Crippen molar-refractivity contribution in [2.75, 3.05) is 0 Å². The summed E-state index contributed by atoms with van der Waals surface area (Å²) in [7, 11) is 0. The maximum Gasteiger partial charge on any atom is 0.408 e. The van der Waals surface area contributed by atoms with Crippen molar-refractivity contribution in [3.63, 3.8) is 0 Å². The Morgan fingerprint density at radius 3 is 2.17 bits per heavy atom. The molecule has 0 radical (unpaired) electrons. The minimum absolute atomic E-state index is 0.00128. The van der Waals surface area contributed by atoms with Gasteiger partial charge in [-0.25, -0.2) is 9.59 Å². The van der Waals surface area contributed by atoms with Crippen molar-refractivity contribution in [2.24, 2.45) is 5.92 Å². The van der Waals surface area contributed by atoms with Crippen LogP contribution < -0.4 is 5.32 Å². The molecular weight excluding hydrogens is 294 g/mol. The van der Waals surface area contributed by atoms with Crippen molar-refractivity contribution >= 4 is 12.1 Å². The number of carbonyl (C=O) groups excluding carboxylic acids is 2. The monoisotopic (exact) mass is 325 g/mol. The first-order valence-electron chi connectivity index (χ1n) is 8.26. The third kappa shape index (κ3) is 7.53. The summed E-state index contributed by atoms with van der Waals surface area (Å²) in [6, 6.07) is -0.707. The molecule has 0 bridgehead atoms. The molecule has 1 aliphatic carbocycles. The molecule has 5 heteroatoms. The van der Waals surface area contributed by atoms with Gasteiger partial charge in [-0.1, -0.05) is 12.2 Å². The van der Waals surface area contributed by atoms with E-state index in [1.807, 2.05) is 20.8 Å². The van der Waals surface area contributed by atoms with E-state index in [-0.39, 0.29) is 5.92 Å². The van der Waals surface area contributed by atoms with E-state index in [4.69, 9.17) is 9.47 Å². The Hall–Kier alpha value is -1.52. The summed E-state index contributed by atoms with van der Waals surface area (Å²) in [5.41, 5.74) is -0.101. The molecule has 1 rings (SSSR count). The number of allylic oxidation sites excluding steroid dienone is 1. The fourth-order valence-electron chi connectivity index (χ4n) is 2.64. The Labute approximate surface area is 139 Å². The highest BCUT2D eigenvalue weighted by Crippen LogP contribution is 2.31. The summed E-state index contributed by atoms with van der Waals surface area (Å²) in [4.78, 5) is 24.6. The fourth-order valence-corrected chi connectivity index (χ4v) is 2.64. The third-order valence-corrected chi connectivity index (χ3v) is 3.46. The largest absolute Gasteiger partial charge is 0.458 e. The molecular formula is C18H31NO4. The number of amides is 1. The summed E-state index contributed by atoms with van der Waals surface area (Å²) in [5, 5.41) is 2.71. The molecule has 1 amide bonds. The first-order valence-corrected chi connectivity index (χ1v) is 8.26. The molecule has 0 aromatic carbocycles. The van der Waals surface area contributed by atoms with Gasteiger partial charge < -0.3 is 14.8 Å². The lowest BCUT2D eigenvalue weighted by Crippen LogP contribution is -2.50. The van der Waals surface area contributed by atoms with Crippen LogP contribution in [0.5, 0.6) is 0 Å². The number of nitrogens with one attached hydrogen (secondary N) is 1. The molecule has 1 fully saturated rings. The quantitative estimate of drug-likeness (QED) is 0.630. The Morgan fingerprint density at radius 2 is 1.70 bits per heavy atom. The van der Waals surface area contributed by atoms with Crippen molar-refractivity contribution in [3.8, 4) is 0 Å². The molecule has 0 aliphatic heterocycles. The van der Waals surface area contributed by atoms with Crippen LogP contribution in [0.25, 0.3) is 0 Å². The molecule has 5 nitrogen and oxygen atoms in total. The number of ether oxygens (including phenoxy) is 2. The first-order chi connectivity index (χ1) is 10.4. The van der Waals surface area contributed by atoms with Crippen molar-refractivity contribution in [3.05, 3.63) is 12.2 Å². The average Bonchev–Trinajstić information content (AvgIpc) is 2.31. The van der Waals surface area contributed by atoms with Crippen LogP contribution in [0.1, 0.15) is 67.2 Å². The Bertz CT molecular complexity index is 457. The van der Waals surface area contributed by atoms with Gasteiger partial charge in [-0.2, -0.15) is 0 Å². The van der Waals surface area contributed by atoms with Gasteiger partial charge in [0, 0.05) is 0 Å². The number of esters is 1. The molecule has 0 spiro atoms. The van der Waals surface area contributed by atoms with Crippen LogP contribution in [0.4, 0.5) is 4.79 Å². The second-order valence-corrected chi connectivity index (χ2v) is 8.26. The third-order valence-electron chi connectivity index (χ3n) is 3.46. The molecule has 1 N–H and O–H groups in total. The molecule has 1 saturated carbocycles. The summed E-state index contributed by atoms with van der Waals surface area (Å²) in [5.74, 6) is -0.415. The van der Waals surface area contributed by atoms with E-state index in [1.165, 1.54) is 0 Å². The van der Waals surface area contributed by atoms with Crippen molar-refractivity contribution in [2.45, 2.75) is 84.5 Å². The number of carbonyl (C=O) groups is 2. The zero-order valence-corrected chi connectivity index (χ0v) is 15.3. The SMILES string of the molecule is C=C1CCC[C@H]([C@H](NC(=O)OC(C)(C)C)C(=O)OC(C)(C)C)C1. The van der Waals surface area contributed by atoms with Gasteiger partial charge in [-0.05, 0) is 73.1 Å². The normalized spacial score (nSPS) is 20.6. The molecule has 0 aromatic rings. The molecule has 2 atom stereocenters. The highest BCUT2D eigenvalue weighted by Gasteiger charge is 2.36. The molecule has 0 aromatic heterocycles. The molecule has 1 aliphatic rings. The summed E-state index contributed by atoms with van der Waals surface area (Å²) in [6.07, 6.45) is 2.94. The zero-order valence-electron chi connectivity index (χ0n) is 15.3. The highest BCUT2D eigenvalue weighted by atomic mass is 16.6. The van der Waals surface area contributed by atoms with Crippen molar-refractivity contribution in [1.82, 2.24) is 5.32 Å². The van der Waals surface area contributed by atoms with Crippen LogP contribution in [-0.4, -0.2) is 29.3 Å². The number of rotatable bonds is 3. The maximum atomic E-state index is 12.5. The number of alkyl carbamates (subject to hydrolysis) is 1. The Balaban J connectivity index is 2.85. The topological polar surface area (TPSA) is 64.6 Å². The molecule has 23 heavy (non-hydrogen) atoms. The lowest BCUT2D eigenvalue weighted by atomic mass is 9.81. The summed E-state index contributed by atoms with van der Waals surface area (Å²) >= 11 is 0. The second-order valence-electron chi connectivity index (χ2n) is 8.26. The maximum absolute atomic E-state index is 12.5. The number of hydrogen-bond donors (Lipinski definition) is 1. The van der Waals surface area contributed by atoms with E-state index in [9.17, 15) is 9.59 Å². The van der Waals surface area contributed by atoms with Crippen LogP contribution in [0.15, 0.2) is 12.2 Å². The van der Waals surface area contributed by atoms with Crippen LogP contribution in [-0.2, 0) is 14.3 Å². The second kappa shape index (κ2) is 7.37. The zero-order chi connectivity index (χ0) is 17.8. The predicted molar refractivity (Wildman–Crippen MR) is 90.1 cm³/mol. The standard InChI is InChI=1S/C18H31NO4/c1-12-9-8-10-13(11-12)14(15(20)22-17(2,3)4)19-16(21)23-18(5,6)7/h13-14H,1,8-11H2,2-7H3,(H,19,21)/t13-,14-/m0/s1. The van der Waals surface area contributed by atoms with Crippen LogP contribution in [0.3, 0.4) is 0 Å². The van der Waals surface area contributed by atoms with Gasteiger partial charge in [-0.15, -0.1) is 0 Å². The fraction of sp³-hybridized carbons (Fsp3) is 0.778. The van der Waals surface area contributed by atoms with Gasteiger partial charge >= 0.3 is 12.1 Å². The highest BCUT2D eigenvalue weighted by molar-refractivity contribution is 5.82. The van der Waals surface area contributed by atoms with Crippen LogP contribution in [0.2, 0.25) is 0 Å². The Morgan fingerprint density at radius 1 is 1.13 bits per heavy atom. The molecule has 132 valence electrons. The molecule has 0 saturated heterocycles. The van der Waals surface area contributed by atoms with Crippen LogP contribution >= 0.6 is 0 Å².